The van der Waals surface area contributed by atoms with Crippen LogP contribution in [0.3, 0.4) is 0 Å². The molecule has 4 nitrogen and oxygen atoms in total. The number of hydrogen-bond acceptors (Lipinski definition) is 3. The largest absolute Gasteiger partial charge is 0.382 e. The van der Waals surface area contributed by atoms with Gasteiger partial charge in [0.05, 0.1) is 11.3 Å². The monoisotopic (exact) mass is 229 g/mol. The summed E-state index contributed by atoms with van der Waals surface area (Å²) < 4.78 is 0. The second-order valence-corrected chi connectivity index (χ2v) is 4.29. The van der Waals surface area contributed by atoms with E-state index in [0.717, 1.165) is 23.0 Å². The van der Waals surface area contributed by atoms with Crippen LogP contribution in [-0.4, -0.2) is 16.5 Å². The Kier molecular flexibility index (Phi) is 2.71. The topological polar surface area (TPSA) is 71.8 Å². The Bertz CT molecular complexity index is 561. The van der Waals surface area contributed by atoms with E-state index in [4.69, 9.17) is 5.73 Å². The van der Waals surface area contributed by atoms with Crippen LogP contribution in [0.1, 0.15) is 27.0 Å². The van der Waals surface area contributed by atoms with Crippen LogP contribution in [0.25, 0.3) is 11.3 Å². The van der Waals surface area contributed by atoms with E-state index >= 15 is 0 Å². The predicted octanol–water partition coefficient (Wildman–Crippen LogP) is 2.40. The maximum absolute atomic E-state index is 11.0. The standard InChI is InChI=1S/C13H15N3O/c1-7-4-8(2)11(9(3)5-7)12-10(6-17)13(14)16-15-12/h4-6H,1-3H3,(H3,14,15,16). The Hall–Kier alpha value is -2.10. The third-order valence-electron chi connectivity index (χ3n) is 2.88. The van der Waals surface area contributed by atoms with Gasteiger partial charge in [-0.05, 0) is 31.9 Å². The molecule has 0 aliphatic heterocycles. The summed E-state index contributed by atoms with van der Waals surface area (Å²) >= 11 is 0. The lowest BCUT2D eigenvalue weighted by Gasteiger charge is -2.10. The second-order valence-electron chi connectivity index (χ2n) is 4.29. The third-order valence-corrected chi connectivity index (χ3v) is 2.88. The van der Waals surface area contributed by atoms with E-state index in [-0.39, 0.29) is 5.82 Å². The molecule has 88 valence electrons. The highest BCUT2D eigenvalue weighted by Gasteiger charge is 2.15. The van der Waals surface area contributed by atoms with Crippen molar-refractivity contribution in [1.29, 1.82) is 0 Å². The molecule has 0 atom stereocenters. The number of carbonyl (C=O) groups is 1. The molecule has 0 aliphatic rings. The van der Waals surface area contributed by atoms with Crippen molar-refractivity contribution in [2.24, 2.45) is 0 Å². The van der Waals surface area contributed by atoms with E-state index in [1.165, 1.54) is 5.56 Å². The lowest BCUT2D eigenvalue weighted by Crippen LogP contribution is -1.94. The van der Waals surface area contributed by atoms with Gasteiger partial charge in [0.1, 0.15) is 0 Å². The van der Waals surface area contributed by atoms with Crippen LogP contribution >= 0.6 is 0 Å². The Morgan fingerprint density at radius 3 is 2.35 bits per heavy atom. The Balaban J connectivity index is 2.72. The number of benzene rings is 1. The van der Waals surface area contributed by atoms with Crippen LogP contribution in [0.2, 0.25) is 0 Å². The zero-order chi connectivity index (χ0) is 12.6. The number of aldehydes is 1. The fourth-order valence-electron chi connectivity index (χ4n) is 2.25. The summed E-state index contributed by atoms with van der Waals surface area (Å²) in [4.78, 5) is 11.0. The molecule has 3 N–H and O–H groups in total. The van der Waals surface area contributed by atoms with Gasteiger partial charge in [0.15, 0.2) is 12.1 Å². The summed E-state index contributed by atoms with van der Waals surface area (Å²) in [6.45, 7) is 6.08. The molecule has 1 heterocycles. The van der Waals surface area contributed by atoms with Gasteiger partial charge in [0.2, 0.25) is 0 Å². The molecule has 1 aromatic heterocycles. The maximum atomic E-state index is 11.0. The molecule has 4 heteroatoms. The van der Waals surface area contributed by atoms with Crippen LogP contribution in [0.15, 0.2) is 12.1 Å². The van der Waals surface area contributed by atoms with Crippen molar-refractivity contribution >= 4 is 12.1 Å². The van der Waals surface area contributed by atoms with Crippen molar-refractivity contribution in [1.82, 2.24) is 10.2 Å². The van der Waals surface area contributed by atoms with Crippen molar-refractivity contribution in [2.45, 2.75) is 20.8 Å². The van der Waals surface area contributed by atoms with Gasteiger partial charge in [-0.3, -0.25) is 9.89 Å². The molecule has 17 heavy (non-hydrogen) atoms. The van der Waals surface area contributed by atoms with E-state index in [1.54, 1.807) is 0 Å². The van der Waals surface area contributed by atoms with Crippen LogP contribution in [0.4, 0.5) is 5.82 Å². The summed E-state index contributed by atoms with van der Waals surface area (Å²) in [5.41, 5.74) is 11.2. The lowest BCUT2D eigenvalue weighted by molar-refractivity contribution is 0.112. The molecule has 0 radical (unpaired) electrons. The molecule has 0 fully saturated rings. The fraction of sp³-hybridized carbons (Fsp3) is 0.231. The summed E-state index contributed by atoms with van der Waals surface area (Å²) in [5.74, 6) is 0.245. The minimum atomic E-state index is 0.245. The summed E-state index contributed by atoms with van der Waals surface area (Å²) in [7, 11) is 0. The number of aryl methyl sites for hydroxylation is 3. The zero-order valence-corrected chi connectivity index (χ0v) is 10.2. The quantitative estimate of drug-likeness (QED) is 0.777. The van der Waals surface area contributed by atoms with E-state index < -0.39 is 0 Å². The van der Waals surface area contributed by atoms with Crippen molar-refractivity contribution in [3.8, 4) is 11.3 Å². The van der Waals surface area contributed by atoms with Gasteiger partial charge in [0.25, 0.3) is 0 Å². The van der Waals surface area contributed by atoms with Gasteiger partial charge in [-0.15, -0.1) is 0 Å². The van der Waals surface area contributed by atoms with Crippen LogP contribution in [0, 0.1) is 20.8 Å². The summed E-state index contributed by atoms with van der Waals surface area (Å²) in [6, 6.07) is 4.15. The van der Waals surface area contributed by atoms with Crippen molar-refractivity contribution in [2.75, 3.05) is 5.73 Å². The lowest BCUT2D eigenvalue weighted by atomic mass is 9.95. The smallest absolute Gasteiger partial charge is 0.156 e. The van der Waals surface area contributed by atoms with E-state index in [1.807, 2.05) is 20.8 Å². The van der Waals surface area contributed by atoms with Crippen LogP contribution < -0.4 is 5.73 Å². The van der Waals surface area contributed by atoms with Gasteiger partial charge in [-0.1, -0.05) is 17.7 Å². The number of rotatable bonds is 2. The number of nitrogens with one attached hydrogen (secondary N) is 1. The SMILES string of the molecule is Cc1cc(C)c(-c2[nH]nc(N)c2C=O)c(C)c1. The number of nitrogen functional groups attached to an aromatic ring is 1. The number of aromatic nitrogens is 2. The number of hydrogen-bond donors (Lipinski definition) is 2. The number of nitrogens with zero attached hydrogens (tertiary/aromatic N) is 1. The van der Waals surface area contributed by atoms with Crippen molar-refractivity contribution in [3.05, 3.63) is 34.4 Å². The van der Waals surface area contributed by atoms with Gasteiger partial charge in [-0.25, -0.2) is 0 Å². The maximum Gasteiger partial charge on any atom is 0.156 e. The van der Waals surface area contributed by atoms with E-state index in [2.05, 4.69) is 22.3 Å². The minimum Gasteiger partial charge on any atom is -0.382 e. The first kappa shape index (κ1) is 11.4. The normalized spacial score (nSPS) is 10.5. The highest BCUT2D eigenvalue weighted by atomic mass is 16.1. The number of carbonyl (C=O) groups excluding carboxylic acids is 1. The molecule has 2 aromatic rings. The Morgan fingerprint density at radius 2 is 1.82 bits per heavy atom. The highest BCUT2D eigenvalue weighted by molar-refractivity contribution is 5.92. The summed E-state index contributed by atoms with van der Waals surface area (Å²) in [6.07, 6.45) is 0.743. The number of H-pyrrole nitrogens is 1. The predicted molar refractivity (Wildman–Crippen MR) is 68.0 cm³/mol. The summed E-state index contributed by atoms with van der Waals surface area (Å²) in [5, 5.41) is 6.73. The van der Waals surface area contributed by atoms with E-state index in [0.29, 0.717) is 11.3 Å². The third kappa shape index (κ3) is 1.82. The molecule has 0 amide bonds. The second kappa shape index (κ2) is 4.05. The first-order valence-electron chi connectivity index (χ1n) is 5.41. The molecule has 0 spiro atoms. The molecule has 0 aliphatic carbocycles. The van der Waals surface area contributed by atoms with Crippen LogP contribution in [-0.2, 0) is 0 Å². The fourth-order valence-corrected chi connectivity index (χ4v) is 2.25. The number of nitrogens with two attached hydrogens (primary N) is 1. The molecular weight excluding hydrogens is 214 g/mol. The molecule has 0 unspecified atom stereocenters. The van der Waals surface area contributed by atoms with Gasteiger partial charge >= 0.3 is 0 Å². The van der Waals surface area contributed by atoms with Crippen molar-refractivity contribution in [3.63, 3.8) is 0 Å². The highest BCUT2D eigenvalue weighted by Crippen LogP contribution is 2.30. The number of anilines is 1. The van der Waals surface area contributed by atoms with E-state index in [9.17, 15) is 4.79 Å². The van der Waals surface area contributed by atoms with Crippen molar-refractivity contribution < 1.29 is 4.79 Å². The number of aromatic amines is 1. The van der Waals surface area contributed by atoms with Gasteiger partial charge in [-0.2, -0.15) is 5.10 Å². The molecular formula is C13H15N3O. The molecule has 0 saturated heterocycles. The first-order chi connectivity index (χ1) is 8.04. The van der Waals surface area contributed by atoms with Gasteiger partial charge in [0, 0.05) is 5.56 Å². The molecule has 2 rings (SSSR count). The molecule has 0 saturated carbocycles. The molecule has 1 aromatic carbocycles. The van der Waals surface area contributed by atoms with Gasteiger partial charge < -0.3 is 5.73 Å². The Morgan fingerprint density at radius 1 is 1.24 bits per heavy atom. The van der Waals surface area contributed by atoms with Crippen LogP contribution in [0.5, 0.6) is 0 Å². The molecule has 0 bridgehead atoms. The average Bonchev–Trinajstić information content (AvgIpc) is 2.58. The zero-order valence-electron chi connectivity index (χ0n) is 10.2. The average molecular weight is 229 g/mol. The minimum absolute atomic E-state index is 0.245. The first-order valence-corrected chi connectivity index (χ1v) is 5.41. The Labute approximate surface area is 99.8 Å².